The Morgan fingerprint density at radius 1 is 1.10 bits per heavy atom. The van der Waals surface area contributed by atoms with E-state index in [9.17, 15) is 13.6 Å². The molecule has 0 saturated carbocycles. The van der Waals surface area contributed by atoms with Gasteiger partial charge in [-0.1, -0.05) is 12.1 Å². The number of ether oxygens (including phenoxy) is 1. The number of hydrogen-bond donors (Lipinski definition) is 1. The molecule has 9 nitrogen and oxygen atoms in total. The van der Waals surface area contributed by atoms with Crippen molar-refractivity contribution in [3.8, 4) is 17.0 Å². The van der Waals surface area contributed by atoms with Crippen molar-refractivity contribution in [3.63, 3.8) is 0 Å². The highest BCUT2D eigenvalue weighted by Gasteiger charge is 2.33. The number of piperidine rings is 1. The van der Waals surface area contributed by atoms with E-state index in [1.807, 2.05) is 37.4 Å². The molecule has 1 aromatic carbocycles. The van der Waals surface area contributed by atoms with Gasteiger partial charge in [0, 0.05) is 70.9 Å². The molecule has 206 valence electrons. The molecule has 2 aliphatic rings. The number of methoxy groups -OCH3 is 1. The summed E-state index contributed by atoms with van der Waals surface area (Å²) in [6.45, 7) is 2.98. The lowest BCUT2D eigenvalue weighted by Gasteiger charge is -2.33. The van der Waals surface area contributed by atoms with Crippen molar-refractivity contribution >= 4 is 28.9 Å². The van der Waals surface area contributed by atoms with Gasteiger partial charge in [-0.05, 0) is 30.2 Å². The van der Waals surface area contributed by atoms with Gasteiger partial charge in [0.15, 0.2) is 0 Å². The first kappa shape index (κ1) is 26.7. The van der Waals surface area contributed by atoms with Gasteiger partial charge in [-0.3, -0.25) is 9.78 Å². The Morgan fingerprint density at radius 2 is 1.87 bits per heavy atom. The maximum Gasteiger partial charge on any atom is 0.250 e. The SMILES string of the molecule is COc1nc(Nc2cncc(N(C)CCN3CCC(F)(F)CC3)c2)ncc1-c1ccc(N2CCCC2=O)cc1. The lowest BCUT2D eigenvalue weighted by molar-refractivity contribution is -0.117. The molecule has 2 aromatic heterocycles. The average molecular weight is 538 g/mol. The molecule has 2 fully saturated rings. The summed E-state index contributed by atoms with van der Waals surface area (Å²) in [7, 11) is 3.52. The van der Waals surface area contributed by atoms with E-state index in [-0.39, 0.29) is 18.7 Å². The van der Waals surface area contributed by atoms with Crippen molar-refractivity contribution in [3.05, 3.63) is 48.9 Å². The Morgan fingerprint density at radius 3 is 2.56 bits per heavy atom. The summed E-state index contributed by atoms with van der Waals surface area (Å²) in [4.78, 5) is 31.3. The Hall–Kier alpha value is -3.86. The number of nitrogens with zero attached hydrogens (tertiary/aromatic N) is 6. The van der Waals surface area contributed by atoms with Crippen LogP contribution in [-0.2, 0) is 4.79 Å². The summed E-state index contributed by atoms with van der Waals surface area (Å²) < 4.78 is 32.4. The molecule has 0 unspecified atom stereocenters. The van der Waals surface area contributed by atoms with Gasteiger partial charge in [-0.2, -0.15) is 4.98 Å². The summed E-state index contributed by atoms with van der Waals surface area (Å²) in [5.74, 6) is -1.59. The zero-order valence-electron chi connectivity index (χ0n) is 22.2. The largest absolute Gasteiger partial charge is 0.480 e. The molecule has 0 atom stereocenters. The van der Waals surface area contributed by atoms with Crippen LogP contribution in [0.1, 0.15) is 25.7 Å². The topological polar surface area (TPSA) is 86.7 Å². The van der Waals surface area contributed by atoms with Gasteiger partial charge in [0.1, 0.15) is 0 Å². The number of pyridine rings is 1. The monoisotopic (exact) mass is 537 g/mol. The molecule has 5 rings (SSSR count). The standard InChI is InChI=1S/C28H33F2N7O2/c1-35(14-15-36-12-9-28(29,30)10-13-36)23-16-21(17-31-18-23)33-27-32-19-24(26(34-27)39-2)20-5-7-22(8-6-20)37-11-3-4-25(37)38/h5-8,16-19H,3-4,9-15H2,1-2H3,(H,32,33,34). The number of aromatic nitrogens is 3. The smallest absolute Gasteiger partial charge is 0.250 e. The first-order chi connectivity index (χ1) is 18.8. The molecule has 0 aliphatic carbocycles. The van der Waals surface area contributed by atoms with Crippen molar-refractivity contribution < 1.29 is 18.3 Å². The van der Waals surface area contributed by atoms with Crippen LogP contribution in [0.25, 0.3) is 11.1 Å². The summed E-state index contributed by atoms with van der Waals surface area (Å²) in [6, 6.07) is 9.68. The number of likely N-dealkylation sites (N-methyl/N-ethyl adjacent to an activating group) is 1. The van der Waals surface area contributed by atoms with Crippen LogP contribution in [0.5, 0.6) is 5.88 Å². The molecule has 1 N–H and O–H groups in total. The van der Waals surface area contributed by atoms with Crippen LogP contribution in [0.4, 0.5) is 31.8 Å². The summed E-state index contributed by atoms with van der Waals surface area (Å²) >= 11 is 0. The Balaban J connectivity index is 1.23. The Kier molecular flexibility index (Phi) is 7.87. The van der Waals surface area contributed by atoms with Crippen molar-refractivity contribution in [2.45, 2.75) is 31.6 Å². The highest BCUT2D eigenvalue weighted by atomic mass is 19.3. The van der Waals surface area contributed by atoms with Gasteiger partial charge >= 0.3 is 0 Å². The quantitative estimate of drug-likeness (QED) is 0.424. The number of halogens is 2. The van der Waals surface area contributed by atoms with Crippen LogP contribution in [0.3, 0.4) is 0 Å². The van der Waals surface area contributed by atoms with Crippen molar-refractivity contribution in [2.24, 2.45) is 0 Å². The zero-order chi connectivity index (χ0) is 27.4. The van der Waals surface area contributed by atoms with Crippen molar-refractivity contribution in [1.82, 2.24) is 19.9 Å². The van der Waals surface area contributed by atoms with Crippen LogP contribution in [0.2, 0.25) is 0 Å². The predicted octanol–water partition coefficient (Wildman–Crippen LogP) is 4.58. The number of carbonyl (C=O) groups excluding carboxylic acids is 1. The van der Waals surface area contributed by atoms with Gasteiger partial charge < -0.3 is 24.8 Å². The minimum absolute atomic E-state index is 0.0785. The second-order valence-electron chi connectivity index (χ2n) is 9.99. The van der Waals surface area contributed by atoms with Crippen LogP contribution >= 0.6 is 0 Å². The number of benzene rings is 1. The van der Waals surface area contributed by atoms with Crippen LogP contribution in [0.15, 0.2) is 48.9 Å². The van der Waals surface area contributed by atoms with Gasteiger partial charge in [0.05, 0.1) is 36.4 Å². The lowest BCUT2D eigenvalue weighted by atomic mass is 10.1. The zero-order valence-corrected chi connectivity index (χ0v) is 22.2. The van der Waals surface area contributed by atoms with E-state index in [1.165, 1.54) is 0 Å². The van der Waals surface area contributed by atoms with E-state index < -0.39 is 5.92 Å². The molecule has 2 saturated heterocycles. The van der Waals surface area contributed by atoms with E-state index in [0.717, 1.165) is 35.5 Å². The molecule has 4 heterocycles. The third kappa shape index (κ3) is 6.42. The van der Waals surface area contributed by atoms with E-state index in [0.29, 0.717) is 50.1 Å². The fourth-order valence-corrected chi connectivity index (χ4v) is 4.88. The maximum absolute atomic E-state index is 13.4. The highest BCUT2D eigenvalue weighted by molar-refractivity contribution is 5.95. The fourth-order valence-electron chi connectivity index (χ4n) is 4.88. The molecule has 0 bridgehead atoms. The minimum Gasteiger partial charge on any atom is -0.480 e. The molecular formula is C28H33F2N7O2. The number of rotatable bonds is 9. The predicted molar refractivity (Wildman–Crippen MR) is 147 cm³/mol. The third-order valence-corrected chi connectivity index (χ3v) is 7.27. The Labute approximate surface area is 226 Å². The summed E-state index contributed by atoms with van der Waals surface area (Å²) in [5.41, 5.74) is 4.11. The Bertz CT molecular complexity index is 1300. The van der Waals surface area contributed by atoms with Crippen molar-refractivity contribution in [1.29, 1.82) is 0 Å². The number of amides is 1. The average Bonchev–Trinajstić information content (AvgIpc) is 3.38. The highest BCUT2D eigenvalue weighted by Crippen LogP contribution is 2.32. The molecule has 39 heavy (non-hydrogen) atoms. The maximum atomic E-state index is 13.4. The van der Waals surface area contributed by atoms with Gasteiger partial charge in [0.25, 0.3) is 5.92 Å². The first-order valence-corrected chi connectivity index (χ1v) is 13.2. The fraction of sp³-hybridized carbons (Fsp3) is 0.429. The molecule has 1 amide bonds. The second-order valence-corrected chi connectivity index (χ2v) is 9.99. The van der Waals surface area contributed by atoms with Crippen molar-refractivity contribution in [2.75, 3.05) is 62.0 Å². The minimum atomic E-state index is -2.53. The van der Waals surface area contributed by atoms with Crippen LogP contribution < -0.4 is 19.9 Å². The van der Waals surface area contributed by atoms with Crippen LogP contribution in [0, 0.1) is 0 Å². The summed E-state index contributed by atoms with van der Waals surface area (Å²) in [6.07, 6.45) is 6.47. The van der Waals surface area contributed by atoms with Gasteiger partial charge in [0.2, 0.25) is 17.7 Å². The number of carbonyl (C=O) groups is 1. The number of likely N-dealkylation sites (tertiary alicyclic amines) is 1. The molecule has 0 radical (unpaired) electrons. The van der Waals surface area contributed by atoms with E-state index in [2.05, 4.69) is 30.1 Å². The number of anilines is 4. The molecule has 0 spiro atoms. The van der Waals surface area contributed by atoms with Gasteiger partial charge in [-0.15, -0.1) is 0 Å². The first-order valence-electron chi connectivity index (χ1n) is 13.2. The number of alkyl halides is 2. The molecule has 3 aromatic rings. The lowest BCUT2D eigenvalue weighted by Crippen LogP contribution is -2.42. The molecule has 11 heteroatoms. The second kappa shape index (κ2) is 11.5. The van der Waals surface area contributed by atoms with E-state index in [4.69, 9.17) is 4.74 Å². The van der Waals surface area contributed by atoms with Gasteiger partial charge in [-0.25, -0.2) is 13.8 Å². The number of hydrogen-bond acceptors (Lipinski definition) is 8. The molecule has 2 aliphatic heterocycles. The van der Waals surface area contributed by atoms with E-state index >= 15 is 0 Å². The van der Waals surface area contributed by atoms with E-state index in [1.54, 1.807) is 30.6 Å². The normalized spacial score (nSPS) is 17.3. The van der Waals surface area contributed by atoms with Crippen LogP contribution in [-0.4, -0.2) is 78.6 Å². The molecular weight excluding hydrogens is 504 g/mol. The third-order valence-electron chi connectivity index (χ3n) is 7.27. The summed E-state index contributed by atoms with van der Waals surface area (Å²) in [5, 5.41) is 3.19. The number of nitrogens with one attached hydrogen (secondary N) is 1.